The highest BCUT2D eigenvalue weighted by atomic mass is 35.5. The van der Waals surface area contributed by atoms with Crippen molar-refractivity contribution < 1.29 is 18.0 Å². The predicted octanol–water partition coefficient (Wildman–Crippen LogP) is 5.21. The molecule has 110 valence electrons. The van der Waals surface area contributed by atoms with E-state index in [1.807, 2.05) is 0 Å². The van der Waals surface area contributed by atoms with Crippen LogP contribution in [0.15, 0.2) is 36.4 Å². The SMILES string of the molecule is Cc1cc(C(=O)c2ccc(C(F)(F)F)cc2C)ccc1Cl. The fourth-order valence-electron chi connectivity index (χ4n) is 2.04. The minimum absolute atomic E-state index is 0.254. The molecule has 0 aliphatic carbocycles. The first-order chi connectivity index (χ1) is 9.70. The Balaban J connectivity index is 2.42. The first kappa shape index (κ1) is 15.6. The summed E-state index contributed by atoms with van der Waals surface area (Å²) in [4.78, 5) is 12.4. The summed E-state index contributed by atoms with van der Waals surface area (Å²) in [5.41, 5.74) is 0.933. The number of ketones is 1. The van der Waals surface area contributed by atoms with Crippen molar-refractivity contribution in [3.05, 3.63) is 69.2 Å². The molecule has 0 saturated heterocycles. The molecule has 2 rings (SSSR count). The third kappa shape index (κ3) is 3.27. The molecule has 0 amide bonds. The van der Waals surface area contributed by atoms with Crippen LogP contribution in [0.5, 0.6) is 0 Å². The highest BCUT2D eigenvalue weighted by Crippen LogP contribution is 2.31. The van der Waals surface area contributed by atoms with E-state index in [9.17, 15) is 18.0 Å². The summed E-state index contributed by atoms with van der Waals surface area (Å²) < 4.78 is 37.9. The molecule has 2 aromatic rings. The van der Waals surface area contributed by atoms with Gasteiger partial charge in [0.15, 0.2) is 5.78 Å². The molecule has 2 aromatic carbocycles. The summed E-state index contributed by atoms with van der Waals surface area (Å²) in [5, 5.41) is 0.538. The number of halogens is 4. The highest BCUT2D eigenvalue weighted by molar-refractivity contribution is 6.31. The largest absolute Gasteiger partial charge is 0.416 e. The normalized spacial score (nSPS) is 11.5. The van der Waals surface area contributed by atoms with Gasteiger partial charge in [0.05, 0.1) is 5.56 Å². The number of carbonyl (C=O) groups is 1. The molecule has 0 fully saturated rings. The lowest BCUT2D eigenvalue weighted by molar-refractivity contribution is -0.137. The van der Waals surface area contributed by atoms with E-state index >= 15 is 0 Å². The Morgan fingerprint density at radius 3 is 2.19 bits per heavy atom. The zero-order valence-electron chi connectivity index (χ0n) is 11.4. The van der Waals surface area contributed by atoms with Crippen LogP contribution < -0.4 is 0 Å². The lowest BCUT2D eigenvalue weighted by Gasteiger charge is -2.11. The van der Waals surface area contributed by atoms with Gasteiger partial charge in [-0.05, 0) is 55.3 Å². The van der Waals surface area contributed by atoms with Crippen LogP contribution in [0.25, 0.3) is 0 Å². The number of alkyl halides is 3. The molecule has 0 saturated carbocycles. The van der Waals surface area contributed by atoms with E-state index in [1.54, 1.807) is 25.1 Å². The fourth-order valence-corrected chi connectivity index (χ4v) is 2.15. The molecular formula is C16H12ClF3O. The number of carbonyl (C=O) groups excluding carboxylic acids is 1. The van der Waals surface area contributed by atoms with Gasteiger partial charge < -0.3 is 0 Å². The third-order valence-corrected chi connectivity index (χ3v) is 3.64. The quantitative estimate of drug-likeness (QED) is 0.696. The van der Waals surface area contributed by atoms with E-state index in [1.165, 1.54) is 13.0 Å². The molecule has 5 heteroatoms. The van der Waals surface area contributed by atoms with E-state index < -0.39 is 11.7 Å². The number of hydrogen-bond acceptors (Lipinski definition) is 1. The molecule has 0 aromatic heterocycles. The van der Waals surface area contributed by atoms with Crippen molar-refractivity contribution in [2.45, 2.75) is 20.0 Å². The van der Waals surface area contributed by atoms with Gasteiger partial charge in [-0.15, -0.1) is 0 Å². The minimum atomic E-state index is -4.41. The van der Waals surface area contributed by atoms with Crippen LogP contribution in [0, 0.1) is 13.8 Å². The van der Waals surface area contributed by atoms with Crippen LogP contribution in [-0.2, 0) is 6.18 Å². The van der Waals surface area contributed by atoms with E-state index in [2.05, 4.69) is 0 Å². The maximum Gasteiger partial charge on any atom is 0.416 e. The Labute approximate surface area is 125 Å². The molecule has 0 unspecified atom stereocenters. The maximum atomic E-state index is 12.6. The van der Waals surface area contributed by atoms with Gasteiger partial charge in [0.1, 0.15) is 0 Å². The van der Waals surface area contributed by atoms with Crippen molar-refractivity contribution in [1.29, 1.82) is 0 Å². The van der Waals surface area contributed by atoms with Crippen molar-refractivity contribution in [3.8, 4) is 0 Å². The average Bonchev–Trinajstić information content (AvgIpc) is 2.40. The zero-order valence-corrected chi connectivity index (χ0v) is 12.1. The van der Waals surface area contributed by atoms with E-state index in [0.717, 1.165) is 17.7 Å². The second kappa shape index (κ2) is 5.53. The molecule has 0 atom stereocenters. The Bertz CT molecular complexity index is 705. The van der Waals surface area contributed by atoms with Crippen LogP contribution in [0.3, 0.4) is 0 Å². The average molecular weight is 313 g/mol. The molecule has 1 nitrogen and oxygen atoms in total. The number of benzene rings is 2. The van der Waals surface area contributed by atoms with Crippen LogP contribution in [0.1, 0.15) is 32.6 Å². The molecule has 0 radical (unpaired) electrons. The zero-order chi connectivity index (χ0) is 15.8. The lowest BCUT2D eigenvalue weighted by atomic mass is 9.96. The summed E-state index contributed by atoms with van der Waals surface area (Å²) in [5.74, 6) is -0.319. The van der Waals surface area contributed by atoms with Gasteiger partial charge in [0, 0.05) is 16.1 Å². The van der Waals surface area contributed by atoms with E-state index in [0.29, 0.717) is 16.1 Å². The van der Waals surface area contributed by atoms with Crippen LogP contribution in [0.2, 0.25) is 5.02 Å². The fraction of sp³-hybridized carbons (Fsp3) is 0.188. The summed E-state index contributed by atoms with van der Waals surface area (Å²) in [7, 11) is 0. The Morgan fingerprint density at radius 2 is 1.67 bits per heavy atom. The number of hydrogen-bond donors (Lipinski definition) is 0. The van der Waals surface area contributed by atoms with Gasteiger partial charge in [-0.25, -0.2) is 0 Å². The van der Waals surface area contributed by atoms with Gasteiger partial charge >= 0.3 is 6.18 Å². The molecule has 0 bridgehead atoms. The second-order valence-electron chi connectivity index (χ2n) is 4.82. The smallest absolute Gasteiger partial charge is 0.289 e. The molecular weight excluding hydrogens is 301 g/mol. The summed E-state index contributed by atoms with van der Waals surface area (Å²) in [6, 6.07) is 7.91. The van der Waals surface area contributed by atoms with Gasteiger partial charge in [0.2, 0.25) is 0 Å². The maximum absolute atomic E-state index is 12.6. The second-order valence-corrected chi connectivity index (χ2v) is 5.23. The minimum Gasteiger partial charge on any atom is -0.289 e. The summed E-state index contributed by atoms with van der Waals surface area (Å²) >= 11 is 5.90. The summed E-state index contributed by atoms with van der Waals surface area (Å²) in [6.07, 6.45) is -4.41. The van der Waals surface area contributed by atoms with Crippen LogP contribution in [0.4, 0.5) is 13.2 Å². The van der Waals surface area contributed by atoms with Crippen molar-refractivity contribution in [3.63, 3.8) is 0 Å². The van der Waals surface area contributed by atoms with Crippen LogP contribution in [-0.4, -0.2) is 5.78 Å². The first-order valence-corrected chi connectivity index (χ1v) is 6.56. The molecule has 0 heterocycles. The van der Waals surface area contributed by atoms with E-state index in [-0.39, 0.29) is 11.3 Å². The summed E-state index contributed by atoms with van der Waals surface area (Å²) in [6.45, 7) is 3.25. The molecule has 0 spiro atoms. The van der Waals surface area contributed by atoms with Crippen molar-refractivity contribution in [2.75, 3.05) is 0 Å². The number of aryl methyl sites for hydroxylation is 2. The van der Waals surface area contributed by atoms with E-state index in [4.69, 9.17) is 11.6 Å². The molecule has 0 aliphatic heterocycles. The Hall–Kier alpha value is -1.81. The Kier molecular flexibility index (Phi) is 4.10. The lowest BCUT2D eigenvalue weighted by Crippen LogP contribution is -2.09. The standard InChI is InChI=1S/C16H12ClF3O/c1-9-8-12(16(18,19)20)4-5-13(9)15(21)11-3-6-14(17)10(2)7-11/h3-8H,1-2H3. The van der Waals surface area contributed by atoms with Gasteiger partial charge in [-0.2, -0.15) is 13.2 Å². The highest BCUT2D eigenvalue weighted by Gasteiger charge is 2.31. The third-order valence-electron chi connectivity index (χ3n) is 3.22. The van der Waals surface area contributed by atoms with Crippen molar-refractivity contribution in [2.24, 2.45) is 0 Å². The predicted molar refractivity (Wildman–Crippen MR) is 75.8 cm³/mol. The molecule has 21 heavy (non-hydrogen) atoms. The number of rotatable bonds is 2. The van der Waals surface area contributed by atoms with Gasteiger partial charge in [-0.3, -0.25) is 4.79 Å². The topological polar surface area (TPSA) is 17.1 Å². The Morgan fingerprint density at radius 1 is 1.00 bits per heavy atom. The van der Waals surface area contributed by atoms with Gasteiger partial charge in [0.25, 0.3) is 0 Å². The van der Waals surface area contributed by atoms with Crippen molar-refractivity contribution in [1.82, 2.24) is 0 Å². The molecule has 0 N–H and O–H groups in total. The van der Waals surface area contributed by atoms with Gasteiger partial charge in [-0.1, -0.05) is 17.7 Å². The first-order valence-electron chi connectivity index (χ1n) is 6.19. The van der Waals surface area contributed by atoms with Crippen LogP contribution >= 0.6 is 11.6 Å². The molecule has 0 aliphatic rings. The van der Waals surface area contributed by atoms with Crippen molar-refractivity contribution >= 4 is 17.4 Å². The monoisotopic (exact) mass is 312 g/mol.